The Balaban J connectivity index is 0.000000240. The van der Waals surface area contributed by atoms with Crippen LogP contribution < -0.4 is 22.1 Å². The average molecular weight is 1350 g/mol. The van der Waals surface area contributed by atoms with Crippen molar-refractivity contribution >= 4 is 197 Å². The highest BCUT2D eigenvalue weighted by atomic mass is 35.5. The Kier molecular flexibility index (Phi) is 20.3. The molecule has 0 bridgehead atoms. The highest BCUT2D eigenvalue weighted by Crippen LogP contribution is 2.52. The van der Waals surface area contributed by atoms with Crippen LogP contribution in [0.4, 0.5) is 45.5 Å². The van der Waals surface area contributed by atoms with Crippen molar-refractivity contribution in [1.82, 2.24) is 0 Å². The van der Waals surface area contributed by atoms with Crippen molar-refractivity contribution in [3.05, 3.63) is 200 Å². The molecule has 420 valence electrons. The van der Waals surface area contributed by atoms with Crippen LogP contribution in [0.3, 0.4) is 0 Å². The molecule has 18 nitrogen and oxygen atoms in total. The Morgan fingerprint density at radius 2 is 0.695 bits per heavy atom. The summed E-state index contributed by atoms with van der Waals surface area (Å²) in [5, 5.41) is 51.5. The molecule has 8 aromatic carbocycles. The molecular weight excluding hydrogens is 1320 g/mol. The van der Waals surface area contributed by atoms with E-state index in [0.717, 1.165) is 23.9 Å². The van der Waals surface area contributed by atoms with E-state index in [1.54, 1.807) is 48.5 Å². The van der Waals surface area contributed by atoms with Crippen LogP contribution in [0.1, 0.15) is 13.8 Å². The van der Waals surface area contributed by atoms with Gasteiger partial charge in [0.1, 0.15) is 11.4 Å². The first-order valence-electron chi connectivity index (χ1n) is 22.5. The van der Waals surface area contributed by atoms with Crippen LogP contribution in [0.2, 0.25) is 50.2 Å². The summed E-state index contributed by atoms with van der Waals surface area (Å²) in [6.07, 6.45) is 0. The van der Waals surface area contributed by atoms with E-state index in [0.29, 0.717) is 51.9 Å². The quantitative estimate of drug-likeness (QED) is 0.0448. The van der Waals surface area contributed by atoms with Gasteiger partial charge in [-0.2, -0.15) is 0 Å². The molecule has 82 heavy (non-hydrogen) atoms. The van der Waals surface area contributed by atoms with Crippen LogP contribution in [-0.2, 0) is 9.59 Å². The molecule has 0 atom stereocenters. The number of halogens is 10. The van der Waals surface area contributed by atoms with Crippen LogP contribution in [0.15, 0.2) is 129 Å². The molecule has 0 aliphatic rings. The first-order chi connectivity index (χ1) is 38.6. The lowest BCUT2D eigenvalue weighted by Crippen LogP contribution is -2.08. The zero-order valence-electron chi connectivity index (χ0n) is 41.0. The first-order valence-corrected chi connectivity index (χ1v) is 27.9. The second kappa shape index (κ2) is 26.4. The minimum atomic E-state index is -0.688. The van der Waals surface area contributed by atoms with Gasteiger partial charge in [-0.05, 0) is 72.8 Å². The van der Waals surface area contributed by atoms with Crippen molar-refractivity contribution < 1.29 is 29.3 Å². The number of carbonyl (C=O) groups excluding carboxylic acids is 2. The summed E-state index contributed by atoms with van der Waals surface area (Å²) in [6.45, 7) is 2.40. The monoisotopic (exact) mass is 1340 g/mol. The molecule has 0 aliphatic carbocycles. The highest BCUT2D eigenvalue weighted by molar-refractivity contribution is 8.00. The van der Waals surface area contributed by atoms with Crippen molar-refractivity contribution in [2.24, 2.45) is 0 Å². The van der Waals surface area contributed by atoms with E-state index in [4.69, 9.17) is 127 Å². The van der Waals surface area contributed by atoms with E-state index in [2.05, 4.69) is 10.6 Å². The lowest BCUT2D eigenvalue weighted by atomic mass is 10.0. The molecule has 0 saturated heterocycles. The smallest absolute Gasteiger partial charge is 0.294 e. The van der Waals surface area contributed by atoms with E-state index in [1.807, 2.05) is 0 Å². The van der Waals surface area contributed by atoms with Gasteiger partial charge in [0, 0.05) is 114 Å². The molecule has 8 aromatic rings. The molecule has 2 amide bonds. The topological polar surface area (TPSA) is 283 Å². The molecular formula is C52H30Cl10N8O10S2. The predicted octanol–water partition coefficient (Wildman–Crippen LogP) is 19.6. The van der Waals surface area contributed by atoms with Gasteiger partial charge < -0.3 is 22.1 Å². The summed E-state index contributed by atoms with van der Waals surface area (Å²) in [6, 6.07) is 25.8. The third-order valence-corrected chi connectivity index (χ3v) is 17.2. The summed E-state index contributed by atoms with van der Waals surface area (Å²) >= 11 is 67.5. The standard InChI is InChI=1S/C28H16Cl6N4O6S.C24H14Cl4N4O4S/c1-11(39)35-19-7-13(17(31)9-21(19)37(41)42)25-15(29)3-5-23(27(25)33)45-24-6-4-16(30)26(28(24)34)14-8-20(36-12(2)40)22(38(43)44)10-18(14)32;25-15-5-7-19(23(29)21(15)13-3-1-11(31(33)34)9-17(13)27)37-20-8-6-16(26)22(24(20)30)14-4-2-12(32(35)36)10-18(14)28/h3-10H,1-2H3,(H,35,39)(H,36,40);1-10H,29-30H2. The minimum absolute atomic E-state index is 0.0450. The zero-order chi connectivity index (χ0) is 60.3. The number of hydrogen-bond donors (Lipinski definition) is 4. The van der Waals surface area contributed by atoms with Crippen LogP contribution in [0.5, 0.6) is 0 Å². The normalized spacial score (nSPS) is 10.9. The number of carbonyl (C=O) groups is 2. The van der Waals surface area contributed by atoms with Crippen molar-refractivity contribution in [2.75, 3.05) is 22.1 Å². The maximum absolute atomic E-state index is 11.7. The third-order valence-electron chi connectivity index (χ3n) is 11.5. The van der Waals surface area contributed by atoms with Crippen molar-refractivity contribution in [3.8, 4) is 44.5 Å². The number of nitrogens with zero attached hydrogens (tertiary/aromatic N) is 4. The van der Waals surface area contributed by atoms with Gasteiger partial charge in [-0.3, -0.25) is 50.0 Å². The van der Waals surface area contributed by atoms with Crippen molar-refractivity contribution in [3.63, 3.8) is 0 Å². The number of non-ortho nitro benzene ring substituents is 2. The van der Waals surface area contributed by atoms with E-state index >= 15 is 0 Å². The van der Waals surface area contributed by atoms with Gasteiger partial charge in [-0.25, -0.2) is 0 Å². The SMILES string of the molecule is CC(=O)Nc1cc(-c2c(Cl)ccc(Sc3ccc(Cl)c(-c4cc(NC(C)=O)c([N+](=O)[O-])cc4Cl)c3Cl)c2Cl)c(Cl)cc1[N+](=O)[O-].Nc1c(Sc2ccc(Cl)c(-c3ccc([N+](=O)[O-])cc3Cl)c2N)ccc(Cl)c1-c1ccc([N+](=O)[O-])cc1Cl. The molecule has 0 aliphatic heterocycles. The lowest BCUT2D eigenvalue weighted by Gasteiger charge is -2.17. The van der Waals surface area contributed by atoms with Gasteiger partial charge in [0.05, 0.1) is 81.3 Å². The van der Waals surface area contributed by atoms with Gasteiger partial charge in [-0.15, -0.1) is 0 Å². The molecule has 0 saturated carbocycles. The largest absolute Gasteiger partial charge is 0.397 e. The Labute approximate surface area is 521 Å². The van der Waals surface area contributed by atoms with Crippen molar-refractivity contribution in [2.45, 2.75) is 33.4 Å². The maximum Gasteiger partial charge on any atom is 0.294 e. The summed E-state index contributed by atoms with van der Waals surface area (Å²) in [5.41, 5.74) is 14.7. The molecule has 0 spiro atoms. The van der Waals surface area contributed by atoms with Gasteiger partial charge >= 0.3 is 0 Å². The predicted molar refractivity (Wildman–Crippen MR) is 330 cm³/mol. The third kappa shape index (κ3) is 13.8. The number of nitro benzene ring substituents is 4. The van der Waals surface area contributed by atoms with Crippen LogP contribution in [0, 0.1) is 40.5 Å². The Bertz CT molecular complexity index is 3800. The molecule has 30 heteroatoms. The minimum Gasteiger partial charge on any atom is -0.397 e. The lowest BCUT2D eigenvalue weighted by molar-refractivity contribution is -0.385. The summed E-state index contributed by atoms with van der Waals surface area (Å²) < 4.78 is 0. The van der Waals surface area contributed by atoms with E-state index in [1.165, 1.54) is 74.1 Å². The molecule has 6 N–H and O–H groups in total. The average Bonchev–Trinajstić information content (AvgIpc) is 3.43. The number of amides is 2. The number of nitrogens with one attached hydrogen (secondary N) is 2. The number of nitrogen functional groups attached to an aromatic ring is 2. The number of hydrogen-bond acceptors (Lipinski definition) is 14. The van der Waals surface area contributed by atoms with Crippen molar-refractivity contribution in [1.29, 1.82) is 0 Å². The Morgan fingerprint density at radius 3 is 1.00 bits per heavy atom. The number of rotatable bonds is 14. The highest BCUT2D eigenvalue weighted by Gasteiger charge is 2.27. The van der Waals surface area contributed by atoms with E-state index in [-0.39, 0.29) is 96.6 Å². The van der Waals surface area contributed by atoms with Crippen LogP contribution in [-0.4, -0.2) is 31.5 Å². The fourth-order valence-electron chi connectivity index (χ4n) is 7.86. The Morgan fingerprint density at radius 1 is 0.390 bits per heavy atom. The van der Waals surface area contributed by atoms with Crippen LogP contribution >= 0.6 is 140 Å². The van der Waals surface area contributed by atoms with Gasteiger partial charge in [-0.1, -0.05) is 140 Å². The summed E-state index contributed by atoms with van der Waals surface area (Å²) in [7, 11) is 0. The number of nitrogens with two attached hydrogens (primary N) is 2. The molecule has 8 rings (SSSR count). The zero-order valence-corrected chi connectivity index (χ0v) is 50.2. The second-order valence-electron chi connectivity index (χ2n) is 16.8. The van der Waals surface area contributed by atoms with Crippen LogP contribution in [0.25, 0.3) is 44.5 Å². The maximum atomic E-state index is 11.7. The fraction of sp³-hybridized carbons (Fsp3) is 0.0385. The molecule has 0 radical (unpaired) electrons. The molecule has 0 unspecified atom stereocenters. The van der Waals surface area contributed by atoms with Gasteiger partial charge in [0.2, 0.25) is 11.8 Å². The first kappa shape index (κ1) is 63.1. The van der Waals surface area contributed by atoms with Gasteiger partial charge in [0.15, 0.2) is 0 Å². The number of nitro groups is 4. The fourth-order valence-corrected chi connectivity index (χ4v) is 12.6. The van der Waals surface area contributed by atoms with E-state index < -0.39 is 42.9 Å². The summed E-state index contributed by atoms with van der Waals surface area (Å²) in [4.78, 5) is 68.3. The molecule has 0 aromatic heterocycles. The van der Waals surface area contributed by atoms with Gasteiger partial charge in [0.25, 0.3) is 22.7 Å². The number of benzene rings is 8. The number of anilines is 4. The summed E-state index contributed by atoms with van der Waals surface area (Å²) in [5.74, 6) is -1.09. The Hall–Kier alpha value is -6.50. The molecule has 0 fully saturated rings. The molecule has 0 heterocycles. The second-order valence-corrected chi connectivity index (χ2v) is 22.9. The van der Waals surface area contributed by atoms with E-state index in [9.17, 15) is 50.0 Å².